The van der Waals surface area contributed by atoms with Crippen LogP contribution in [0.4, 0.5) is 0 Å². The van der Waals surface area contributed by atoms with Crippen molar-refractivity contribution in [3.05, 3.63) is 48.0 Å². The van der Waals surface area contributed by atoms with Crippen LogP contribution in [0.2, 0.25) is 0 Å². The minimum Gasteiger partial charge on any atom is -0.497 e. The monoisotopic (exact) mass is 227 g/mol. The summed E-state index contributed by atoms with van der Waals surface area (Å²) < 4.78 is 10.6. The zero-order chi connectivity index (χ0) is 12.3. The maximum absolute atomic E-state index is 5.41. The molecule has 2 heteroatoms. The van der Waals surface area contributed by atoms with E-state index in [1.54, 1.807) is 14.2 Å². The molecular weight excluding hydrogens is 212 g/mol. The second-order valence-electron chi connectivity index (χ2n) is 3.81. The van der Waals surface area contributed by atoms with Crippen molar-refractivity contribution in [1.82, 2.24) is 0 Å². The molecule has 87 valence electrons. The molecule has 2 rings (SSSR count). The van der Waals surface area contributed by atoms with Gasteiger partial charge in [-0.2, -0.15) is 0 Å². The van der Waals surface area contributed by atoms with E-state index in [2.05, 4.69) is 13.0 Å². The molecule has 0 bridgehead atoms. The molecule has 0 amide bonds. The Kier molecular flexibility index (Phi) is 3.33. The first kappa shape index (κ1) is 11.5. The first-order valence-corrected chi connectivity index (χ1v) is 5.45. The van der Waals surface area contributed by atoms with Crippen molar-refractivity contribution in [2.45, 2.75) is 6.92 Å². The Balaban J connectivity index is 2.56. The summed E-state index contributed by atoms with van der Waals surface area (Å²) in [4.78, 5) is 0. The van der Waals surface area contributed by atoms with Gasteiger partial charge in [-0.1, -0.05) is 18.2 Å². The lowest BCUT2D eigenvalue weighted by Gasteiger charge is -2.12. The van der Waals surface area contributed by atoms with Gasteiger partial charge < -0.3 is 9.47 Å². The zero-order valence-electron chi connectivity index (χ0n) is 10.3. The molecule has 2 aromatic rings. The van der Waals surface area contributed by atoms with Crippen molar-refractivity contribution in [3.8, 4) is 22.6 Å². The van der Waals surface area contributed by atoms with Crippen LogP contribution >= 0.6 is 0 Å². The summed E-state index contributed by atoms with van der Waals surface area (Å²) in [6, 6.07) is 14.8. The Bertz CT molecular complexity index is 518. The lowest BCUT2D eigenvalue weighted by atomic mass is 10.00. The molecule has 0 aliphatic heterocycles. The minimum absolute atomic E-state index is 0.797. The highest BCUT2D eigenvalue weighted by atomic mass is 16.5. The number of rotatable bonds is 3. The number of hydrogen-bond acceptors (Lipinski definition) is 2. The van der Waals surface area contributed by atoms with Crippen molar-refractivity contribution in [2.75, 3.05) is 14.2 Å². The number of hydrogen-bond donors (Lipinski definition) is 0. The fraction of sp³-hybridized carbons (Fsp3) is 0.200. The van der Waals surface area contributed by atoms with E-state index in [4.69, 9.17) is 9.47 Å². The molecule has 0 aliphatic carbocycles. The smallest absolute Gasteiger partial charge is 0.130 e. The Labute approximate surface area is 102 Å². The van der Waals surface area contributed by atoms with Gasteiger partial charge in [0, 0.05) is 11.6 Å². The van der Waals surface area contributed by atoms with Gasteiger partial charge in [0.15, 0.2) is 0 Å². The molecule has 1 radical (unpaired) electrons. The molecule has 2 nitrogen and oxygen atoms in total. The average molecular weight is 227 g/mol. The number of benzene rings is 2. The van der Waals surface area contributed by atoms with Gasteiger partial charge >= 0.3 is 0 Å². The lowest BCUT2D eigenvalue weighted by Crippen LogP contribution is -1.91. The van der Waals surface area contributed by atoms with Crippen LogP contribution in [0.25, 0.3) is 11.1 Å². The van der Waals surface area contributed by atoms with Gasteiger partial charge in [0.05, 0.1) is 14.2 Å². The van der Waals surface area contributed by atoms with Crippen molar-refractivity contribution < 1.29 is 9.47 Å². The molecule has 0 aliphatic rings. The summed E-state index contributed by atoms with van der Waals surface area (Å²) in [7, 11) is 3.32. The molecular formula is C15H15O2. The topological polar surface area (TPSA) is 18.5 Å². The molecule has 0 fully saturated rings. The fourth-order valence-electron chi connectivity index (χ4n) is 1.84. The predicted molar refractivity (Wildman–Crippen MR) is 68.6 cm³/mol. The van der Waals surface area contributed by atoms with E-state index in [0.717, 1.165) is 22.6 Å². The van der Waals surface area contributed by atoms with E-state index in [9.17, 15) is 0 Å². The molecule has 2 aromatic carbocycles. The van der Waals surface area contributed by atoms with Crippen molar-refractivity contribution in [1.29, 1.82) is 0 Å². The Morgan fingerprint density at radius 2 is 1.82 bits per heavy atom. The Morgan fingerprint density at radius 1 is 1.00 bits per heavy atom. The van der Waals surface area contributed by atoms with Gasteiger partial charge in [0.2, 0.25) is 0 Å². The van der Waals surface area contributed by atoms with Crippen LogP contribution in [-0.4, -0.2) is 14.2 Å². The number of methoxy groups -OCH3 is 2. The standard InChI is InChI=1S/C15H15O2/c1-11-6-4-5-7-13(11)14-9-8-12(16-2)10-15(14)17-3/h5-10H,1-3H3. The SMILES string of the molecule is COc1ccc(-c2cc[c]cc2C)c(OC)c1. The van der Waals surface area contributed by atoms with E-state index < -0.39 is 0 Å². The highest BCUT2D eigenvalue weighted by Crippen LogP contribution is 2.34. The maximum Gasteiger partial charge on any atom is 0.130 e. The minimum atomic E-state index is 0.797. The number of aryl methyl sites for hydroxylation is 1. The van der Waals surface area contributed by atoms with E-state index in [1.165, 1.54) is 5.56 Å². The molecule has 0 aromatic heterocycles. The van der Waals surface area contributed by atoms with Crippen LogP contribution in [0.5, 0.6) is 11.5 Å². The third-order valence-corrected chi connectivity index (χ3v) is 2.77. The van der Waals surface area contributed by atoms with Crippen LogP contribution < -0.4 is 9.47 Å². The van der Waals surface area contributed by atoms with Crippen LogP contribution in [0.1, 0.15) is 5.56 Å². The average Bonchev–Trinajstić information content (AvgIpc) is 2.38. The highest BCUT2D eigenvalue weighted by molar-refractivity contribution is 5.74. The number of ether oxygens (including phenoxy) is 2. The molecule has 0 N–H and O–H groups in total. The van der Waals surface area contributed by atoms with Gasteiger partial charge in [0.25, 0.3) is 0 Å². The van der Waals surface area contributed by atoms with Crippen molar-refractivity contribution >= 4 is 0 Å². The summed E-state index contributed by atoms with van der Waals surface area (Å²) >= 11 is 0. The van der Waals surface area contributed by atoms with E-state index in [1.807, 2.05) is 36.4 Å². The molecule has 17 heavy (non-hydrogen) atoms. The summed E-state index contributed by atoms with van der Waals surface area (Å²) in [5.41, 5.74) is 3.40. The zero-order valence-corrected chi connectivity index (χ0v) is 10.3. The molecule has 0 saturated carbocycles. The van der Waals surface area contributed by atoms with Crippen LogP contribution in [0.3, 0.4) is 0 Å². The van der Waals surface area contributed by atoms with Gasteiger partial charge in [-0.3, -0.25) is 0 Å². The van der Waals surface area contributed by atoms with Gasteiger partial charge in [-0.05, 0) is 36.2 Å². The summed E-state index contributed by atoms with van der Waals surface area (Å²) in [5, 5.41) is 0. The molecule has 0 spiro atoms. The normalized spacial score (nSPS) is 10.1. The van der Waals surface area contributed by atoms with Gasteiger partial charge in [-0.25, -0.2) is 0 Å². The van der Waals surface area contributed by atoms with Crippen LogP contribution in [0.15, 0.2) is 36.4 Å². The third kappa shape index (κ3) is 2.26. The third-order valence-electron chi connectivity index (χ3n) is 2.77. The first-order chi connectivity index (χ1) is 8.26. The maximum atomic E-state index is 5.41. The second kappa shape index (κ2) is 4.91. The molecule has 0 atom stereocenters. The van der Waals surface area contributed by atoms with Crippen molar-refractivity contribution in [2.24, 2.45) is 0 Å². The molecule has 0 heterocycles. The lowest BCUT2D eigenvalue weighted by molar-refractivity contribution is 0.395. The summed E-state index contributed by atoms with van der Waals surface area (Å²) in [6.45, 7) is 2.06. The summed E-state index contributed by atoms with van der Waals surface area (Å²) in [6.07, 6.45) is 0. The fourth-order valence-corrected chi connectivity index (χ4v) is 1.84. The first-order valence-electron chi connectivity index (χ1n) is 5.45. The van der Waals surface area contributed by atoms with Crippen LogP contribution in [-0.2, 0) is 0 Å². The van der Waals surface area contributed by atoms with Crippen LogP contribution in [0, 0.1) is 13.0 Å². The Morgan fingerprint density at radius 3 is 2.47 bits per heavy atom. The predicted octanol–water partition coefficient (Wildman–Crippen LogP) is 3.48. The van der Waals surface area contributed by atoms with E-state index >= 15 is 0 Å². The van der Waals surface area contributed by atoms with Gasteiger partial charge in [0.1, 0.15) is 11.5 Å². The van der Waals surface area contributed by atoms with E-state index in [-0.39, 0.29) is 0 Å². The summed E-state index contributed by atoms with van der Waals surface area (Å²) in [5.74, 6) is 1.62. The molecule has 0 unspecified atom stereocenters. The highest BCUT2D eigenvalue weighted by Gasteiger charge is 2.08. The van der Waals surface area contributed by atoms with Gasteiger partial charge in [-0.15, -0.1) is 0 Å². The Hall–Kier alpha value is -1.96. The van der Waals surface area contributed by atoms with E-state index in [0.29, 0.717) is 0 Å². The second-order valence-corrected chi connectivity index (χ2v) is 3.81. The largest absolute Gasteiger partial charge is 0.497 e. The molecule has 0 saturated heterocycles. The quantitative estimate of drug-likeness (QED) is 0.799. The van der Waals surface area contributed by atoms with Crippen molar-refractivity contribution in [3.63, 3.8) is 0 Å².